The Kier molecular flexibility index (Phi) is 6.85. The third-order valence-corrected chi connectivity index (χ3v) is 2.65. The first-order valence-corrected chi connectivity index (χ1v) is 7.14. The van der Waals surface area contributed by atoms with Gasteiger partial charge in [0.25, 0.3) is 0 Å². The predicted octanol–water partition coefficient (Wildman–Crippen LogP) is 1.84. The van der Waals surface area contributed by atoms with Gasteiger partial charge in [0.05, 0.1) is 13.2 Å². The molecule has 1 rings (SSSR count). The van der Waals surface area contributed by atoms with Crippen molar-refractivity contribution in [1.29, 1.82) is 0 Å². The molecule has 0 saturated carbocycles. The van der Waals surface area contributed by atoms with Gasteiger partial charge in [-0.1, -0.05) is 30.3 Å². The summed E-state index contributed by atoms with van der Waals surface area (Å²) >= 11 is 0. The fourth-order valence-electron chi connectivity index (χ4n) is 1.68. The van der Waals surface area contributed by atoms with Crippen LogP contribution in [0.15, 0.2) is 30.3 Å². The summed E-state index contributed by atoms with van der Waals surface area (Å²) in [5, 5.41) is 5.01. The van der Waals surface area contributed by atoms with Gasteiger partial charge in [0.15, 0.2) is 0 Å². The smallest absolute Gasteiger partial charge is 0.408 e. The highest BCUT2D eigenvalue weighted by Crippen LogP contribution is 2.07. The van der Waals surface area contributed by atoms with Crippen molar-refractivity contribution in [1.82, 2.24) is 10.6 Å². The molecular formula is C16H24N2O4. The molecule has 0 heterocycles. The van der Waals surface area contributed by atoms with Crippen molar-refractivity contribution < 1.29 is 19.1 Å². The molecule has 2 N–H and O–H groups in total. The van der Waals surface area contributed by atoms with Crippen LogP contribution in [0.1, 0.15) is 26.3 Å². The minimum atomic E-state index is -0.802. The van der Waals surface area contributed by atoms with E-state index in [9.17, 15) is 9.59 Å². The number of alkyl carbamates (subject to hydrolysis) is 1. The highest BCUT2D eigenvalue weighted by atomic mass is 16.6. The Morgan fingerprint density at radius 1 is 1.18 bits per heavy atom. The summed E-state index contributed by atoms with van der Waals surface area (Å²) in [5.74, 6) is -0.334. The zero-order chi connectivity index (χ0) is 16.6. The van der Waals surface area contributed by atoms with E-state index >= 15 is 0 Å². The van der Waals surface area contributed by atoms with Crippen molar-refractivity contribution in [2.75, 3.05) is 13.7 Å². The Balaban J connectivity index is 2.50. The second kappa shape index (κ2) is 8.38. The van der Waals surface area contributed by atoms with Gasteiger partial charge < -0.3 is 20.1 Å². The molecule has 1 atom stereocenters. The van der Waals surface area contributed by atoms with Gasteiger partial charge in [0.1, 0.15) is 11.6 Å². The molecule has 122 valence electrons. The van der Waals surface area contributed by atoms with E-state index in [1.54, 1.807) is 20.8 Å². The number of likely N-dealkylation sites (N-methyl/N-ethyl adjacent to an activating group) is 1. The topological polar surface area (TPSA) is 76.7 Å². The van der Waals surface area contributed by atoms with Gasteiger partial charge in [-0.25, -0.2) is 4.79 Å². The first-order chi connectivity index (χ1) is 10.3. The highest BCUT2D eigenvalue weighted by molar-refractivity contribution is 5.85. The molecule has 0 bridgehead atoms. The van der Waals surface area contributed by atoms with Crippen LogP contribution in [0.25, 0.3) is 0 Å². The van der Waals surface area contributed by atoms with Crippen molar-refractivity contribution >= 4 is 12.0 Å². The monoisotopic (exact) mass is 308 g/mol. The summed E-state index contributed by atoms with van der Waals surface area (Å²) in [6, 6.07) is 8.79. The summed E-state index contributed by atoms with van der Waals surface area (Å²) in [4.78, 5) is 23.5. The van der Waals surface area contributed by atoms with Crippen LogP contribution >= 0.6 is 0 Å². The molecule has 0 fully saturated rings. The summed E-state index contributed by atoms with van der Waals surface area (Å²) in [6.45, 7) is 5.70. The van der Waals surface area contributed by atoms with Crippen LogP contribution in [-0.2, 0) is 20.9 Å². The Hall–Kier alpha value is -2.08. The summed E-state index contributed by atoms with van der Waals surface area (Å²) in [5.41, 5.74) is 0.373. The Morgan fingerprint density at radius 2 is 1.82 bits per heavy atom. The van der Waals surface area contributed by atoms with Crippen molar-refractivity contribution in [3.63, 3.8) is 0 Å². The van der Waals surface area contributed by atoms with Crippen molar-refractivity contribution in [2.45, 2.75) is 39.0 Å². The number of carbonyl (C=O) groups is 2. The van der Waals surface area contributed by atoms with Crippen LogP contribution < -0.4 is 10.6 Å². The Labute approximate surface area is 131 Å². The molecule has 1 aromatic rings. The van der Waals surface area contributed by atoms with Gasteiger partial charge in [-0.05, 0) is 26.3 Å². The molecule has 0 aromatic heterocycles. The average Bonchev–Trinajstić information content (AvgIpc) is 2.44. The molecule has 0 unspecified atom stereocenters. The zero-order valence-corrected chi connectivity index (χ0v) is 13.5. The van der Waals surface area contributed by atoms with Crippen LogP contribution in [0, 0.1) is 0 Å². The standard InChI is InChI=1S/C16H24N2O4/c1-16(2,3)22-15(20)18-13(14(19)17-4)11-21-10-12-8-6-5-7-9-12/h5-9,13H,10-11H2,1-4H3,(H,17,19)(H,18,20)/t13-/m1/s1. The van der Waals surface area contributed by atoms with E-state index in [4.69, 9.17) is 9.47 Å². The SMILES string of the molecule is CNC(=O)[C@@H](COCc1ccccc1)NC(=O)OC(C)(C)C. The molecule has 0 aliphatic rings. The molecule has 22 heavy (non-hydrogen) atoms. The van der Waals surface area contributed by atoms with Crippen LogP contribution in [0.3, 0.4) is 0 Å². The summed E-state index contributed by atoms with van der Waals surface area (Å²) in [7, 11) is 1.50. The van der Waals surface area contributed by atoms with Crippen LogP contribution in [0.5, 0.6) is 0 Å². The van der Waals surface area contributed by atoms with Crippen LogP contribution in [0.4, 0.5) is 4.79 Å². The first kappa shape index (κ1) is 18.0. The largest absolute Gasteiger partial charge is 0.444 e. The van der Waals surface area contributed by atoms with Crippen molar-refractivity contribution in [3.8, 4) is 0 Å². The molecule has 0 spiro atoms. The summed E-state index contributed by atoms with van der Waals surface area (Å²) < 4.78 is 10.6. The Morgan fingerprint density at radius 3 is 2.36 bits per heavy atom. The van der Waals surface area contributed by atoms with E-state index in [2.05, 4.69) is 10.6 Å². The number of hydrogen-bond acceptors (Lipinski definition) is 4. The van der Waals surface area contributed by atoms with Gasteiger partial charge in [-0.15, -0.1) is 0 Å². The van der Waals surface area contributed by atoms with E-state index < -0.39 is 17.7 Å². The third kappa shape index (κ3) is 7.08. The van der Waals surface area contributed by atoms with E-state index in [1.165, 1.54) is 7.05 Å². The number of amides is 2. The molecule has 2 amide bonds. The lowest BCUT2D eigenvalue weighted by Crippen LogP contribution is -2.49. The minimum absolute atomic E-state index is 0.0633. The zero-order valence-electron chi connectivity index (χ0n) is 13.5. The molecule has 6 nitrogen and oxygen atoms in total. The fourth-order valence-corrected chi connectivity index (χ4v) is 1.68. The maximum atomic E-state index is 11.8. The second-order valence-electron chi connectivity index (χ2n) is 5.81. The molecule has 1 aromatic carbocycles. The number of rotatable bonds is 6. The van der Waals surface area contributed by atoms with Gasteiger partial charge >= 0.3 is 6.09 Å². The predicted molar refractivity (Wildman–Crippen MR) is 83.3 cm³/mol. The number of ether oxygens (including phenoxy) is 2. The van der Waals surface area contributed by atoms with Gasteiger partial charge in [0.2, 0.25) is 5.91 Å². The van der Waals surface area contributed by atoms with Gasteiger partial charge in [-0.3, -0.25) is 4.79 Å². The van der Waals surface area contributed by atoms with Crippen molar-refractivity contribution in [3.05, 3.63) is 35.9 Å². The molecule has 0 aliphatic carbocycles. The van der Waals surface area contributed by atoms with Gasteiger partial charge in [-0.2, -0.15) is 0 Å². The normalized spacial score (nSPS) is 12.4. The lowest BCUT2D eigenvalue weighted by atomic mass is 10.2. The highest BCUT2D eigenvalue weighted by Gasteiger charge is 2.23. The second-order valence-corrected chi connectivity index (χ2v) is 5.81. The third-order valence-electron chi connectivity index (χ3n) is 2.65. The molecule has 0 saturated heterocycles. The number of benzene rings is 1. The van der Waals surface area contributed by atoms with Crippen molar-refractivity contribution in [2.24, 2.45) is 0 Å². The quantitative estimate of drug-likeness (QED) is 0.841. The number of hydrogen-bond donors (Lipinski definition) is 2. The van der Waals surface area contributed by atoms with Gasteiger partial charge in [0, 0.05) is 7.05 Å². The maximum absolute atomic E-state index is 11.8. The number of nitrogens with one attached hydrogen (secondary N) is 2. The number of carbonyl (C=O) groups excluding carboxylic acids is 2. The van der Waals surface area contributed by atoms with E-state index in [0.29, 0.717) is 6.61 Å². The maximum Gasteiger partial charge on any atom is 0.408 e. The van der Waals surface area contributed by atoms with E-state index in [-0.39, 0.29) is 12.5 Å². The molecule has 6 heteroatoms. The summed E-state index contributed by atoms with van der Waals surface area (Å²) in [6.07, 6.45) is -0.649. The van der Waals surface area contributed by atoms with E-state index in [1.807, 2.05) is 30.3 Å². The average molecular weight is 308 g/mol. The Bertz CT molecular complexity index is 483. The van der Waals surface area contributed by atoms with Crippen LogP contribution in [0.2, 0.25) is 0 Å². The minimum Gasteiger partial charge on any atom is -0.444 e. The molecule has 0 radical (unpaired) electrons. The lowest BCUT2D eigenvalue weighted by molar-refractivity contribution is -0.124. The fraction of sp³-hybridized carbons (Fsp3) is 0.500. The lowest BCUT2D eigenvalue weighted by Gasteiger charge is -2.23. The van der Waals surface area contributed by atoms with Crippen LogP contribution in [-0.4, -0.2) is 37.3 Å². The van der Waals surface area contributed by atoms with E-state index in [0.717, 1.165) is 5.56 Å². The first-order valence-electron chi connectivity index (χ1n) is 7.14. The molecular weight excluding hydrogens is 284 g/mol. The molecule has 0 aliphatic heterocycles.